The van der Waals surface area contributed by atoms with Gasteiger partial charge in [-0.15, -0.1) is 0 Å². The second-order valence-electron chi connectivity index (χ2n) is 4.25. The van der Waals surface area contributed by atoms with E-state index in [4.69, 9.17) is 4.42 Å². The van der Waals surface area contributed by atoms with Crippen molar-refractivity contribution in [3.8, 4) is 0 Å². The van der Waals surface area contributed by atoms with Gasteiger partial charge in [-0.1, -0.05) is 29.3 Å². The van der Waals surface area contributed by atoms with Crippen LogP contribution >= 0.6 is 15.9 Å². The molecule has 0 fully saturated rings. The predicted molar refractivity (Wildman–Crippen MR) is 72.6 cm³/mol. The van der Waals surface area contributed by atoms with Gasteiger partial charge in [0.15, 0.2) is 5.76 Å². The molecule has 1 unspecified atom stereocenters. The lowest BCUT2D eigenvalue weighted by Gasteiger charge is -2.14. The van der Waals surface area contributed by atoms with Gasteiger partial charge in [-0.05, 0) is 37.8 Å². The molecule has 1 heterocycles. The zero-order valence-corrected chi connectivity index (χ0v) is 12.0. The molecule has 0 aliphatic carbocycles. The molecule has 96 valence electrons. The predicted octanol–water partition coefficient (Wildman–Crippen LogP) is 3.52. The number of furan rings is 1. The summed E-state index contributed by atoms with van der Waals surface area (Å²) in [6, 6.07) is 3.51. The Morgan fingerprint density at radius 1 is 1.47 bits per heavy atom. The van der Waals surface area contributed by atoms with E-state index in [2.05, 4.69) is 28.2 Å². The Morgan fingerprint density at radius 2 is 2.24 bits per heavy atom. The van der Waals surface area contributed by atoms with Gasteiger partial charge in [0.2, 0.25) is 0 Å². The van der Waals surface area contributed by atoms with Crippen LogP contribution in [-0.4, -0.2) is 17.8 Å². The number of rotatable bonds is 7. The molecule has 0 saturated carbocycles. The van der Waals surface area contributed by atoms with Gasteiger partial charge in [0, 0.05) is 11.9 Å². The maximum absolute atomic E-state index is 11.8. The van der Waals surface area contributed by atoms with E-state index in [-0.39, 0.29) is 5.91 Å². The maximum Gasteiger partial charge on any atom is 0.287 e. The lowest BCUT2D eigenvalue weighted by atomic mass is 10.0. The van der Waals surface area contributed by atoms with Crippen molar-refractivity contribution in [2.24, 2.45) is 5.92 Å². The zero-order chi connectivity index (χ0) is 12.7. The number of aryl methyl sites for hydroxylation is 1. The first-order valence-electron chi connectivity index (χ1n) is 6.08. The van der Waals surface area contributed by atoms with Crippen LogP contribution in [0.5, 0.6) is 0 Å². The van der Waals surface area contributed by atoms with Crippen molar-refractivity contribution in [2.45, 2.75) is 33.1 Å². The highest BCUT2D eigenvalue weighted by Gasteiger charge is 2.12. The molecule has 1 aromatic heterocycles. The molecule has 3 nitrogen and oxygen atoms in total. The van der Waals surface area contributed by atoms with Crippen molar-refractivity contribution in [1.29, 1.82) is 0 Å². The van der Waals surface area contributed by atoms with Gasteiger partial charge in [0.05, 0.1) is 0 Å². The molecule has 0 aliphatic rings. The highest BCUT2D eigenvalue weighted by Crippen LogP contribution is 2.12. The minimum absolute atomic E-state index is 0.117. The average Bonchev–Trinajstić information content (AvgIpc) is 2.73. The summed E-state index contributed by atoms with van der Waals surface area (Å²) in [5.74, 6) is 1.59. The van der Waals surface area contributed by atoms with Crippen LogP contribution in [0.4, 0.5) is 0 Å². The Balaban J connectivity index is 2.40. The minimum Gasteiger partial charge on any atom is -0.456 e. The fourth-order valence-corrected chi connectivity index (χ4v) is 2.44. The van der Waals surface area contributed by atoms with Crippen molar-refractivity contribution >= 4 is 21.8 Å². The van der Waals surface area contributed by atoms with Gasteiger partial charge in [-0.2, -0.15) is 0 Å². The van der Waals surface area contributed by atoms with Crippen LogP contribution in [0.25, 0.3) is 0 Å². The van der Waals surface area contributed by atoms with E-state index < -0.39 is 0 Å². The summed E-state index contributed by atoms with van der Waals surface area (Å²) in [7, 11) is 0. The van der Waals surface area contributed by atoms with Gasteiger partial charge < -0.3 is 9.73 Å². The van der Waals surface area contributed by atoms with Crippen LogP contribution in [0.3, 0.4) is 0 Å². The van der Waals surface area contributed by atoms with Crippen LogP contribution < -0.4 is 5.32 Å². The smallest absolute Gasteiger partial charge is 0.287 e. The van der Waals surface area contributed by atoms with E-state index in [0.29, 0.717) is 11.7 Å². The fraction of sp³-hybridized carbons (Fsp3) is 0.615. The lowest BCUT2D eigenvalue weighted by molar-refractivity contribution is 0.0917. The van der Waals surface area contributed by atoms with E-state index in [1.807, 2.05) is 6.92 Å². The molecule has 1 rings (SSSR count). The number of amides is 1. The van der Waals surface area contributed by atoms with Crippen molar-refractivity contribution in [1.82, 2.24) is 5.32 Å². The van der Waals surface area contributed by atoms with Gasteiger partial charge >= 0.3 is 0 Å². The van der Waals surface area contributed by atoms with Crippen LogP contribution in [0.1, 0.15) is 42.5 Å². The largest absolute Gasteiger partial charge is 0.456 e. The first kappa shape index (κ1) is 14.3. The summed E-state index contributed by atoms with van der Waals surface area (Å²) in [5.41, 5.74) is 0. The second-order valence-corrected chi connectivity index (χ2v) is 5.05. The molecular formula is C13H20BrNO2. The third-order valence-corrected chi connectivity index (χ3v) is 3.19. The Labute approximate surface area is 111 Å². The molecule has 0 saturated heterocycles. The topological polar surface area (TPSA) is 42.2 Å². The number of alkyl halides is 1. The van der Waals surface area contributed by atoms with E-state index >= 15 is 0 Å². The van der Waals surface area contributed by atoms with Gasteiger partial charge in [-0.25, -0.2) is 0 Å². The molecule has 0 spiro atoms. The number of halogens is 1. The summed E-state index contributed by atoms with van der Waals surface area (Å²) in [6.07, 6.45) is 3.38. The van der Waals surface area contributed by atoms with Gasteiger partial charge in [0.1, 0.15) is 5.76 Å². The Morgan fingerprint density at radius 3 is 2.76 bits per heavy atom. The van der Waals surface area contributed by atoms with Crippen molar-refractivity contribution in [3.63, 3.8) is 0 Å². The third-order valence-electron chi connectivity index (χ3n) is 2.73. The maximum atomic E-state index is 11.8. The SMILES string of the molecule is CCCC(CCBr)CNC(=O)c1ccc(C)o1. The van der Waals surface area contributed by atoms with E-state index in [9.17, 15) is 4.79 Å². The summed E-state index contributed by atoms with van der Waals surface area (Å²) in [6.45, 7) is 4.72. The molecule has 0 aromatic carbocycles. The van der Waals surface area contributed by atoms with E-state index in [0.717, 1.165) is 36.9 Å². The summed E-state index contributed by atoms with van der Waals surface area (Å²) in [5, 5.41) is 3.91. The van der Waals surface area contributed by atoms with Crippen LogP contribution in [0.15, 0.2) is 16.5 Å². The molecule has 1 aromatic rings. The minimum atomic E-state index is -0.117. The number of hydrogen-bond donors (Lipinski definition) is 1. The third kappa shape index (κ3) is 4.94. The summed E-state index contributed by atoms with van der Waals surface area (Å²) >= 11 is 3.44. The average molecular weight is 302 g/mol. The summed E-state index contributed by atoms with van der Waals surface area (Å²) < 4.78 is 5.28. The molecule has 4 heteroatoms. The quantitative estimate of drug-likeness (QED) is 0.783. The molecule has 1 N–H and O–H groups in total. The normalized spacial score (nSPS) is 12.4. The van der Waals surface area contributed by atoms with Crippen LogP contribution in [0, 0.1) is 12.8 Å². The van der Waals surface area contributed by atoms with Crippen molar-refractivity contribution in [3.05, 3.63) is 23.7 Å². The lowest BCUT2D eigenvalue weighted by Crippen LogP contribution is -2.29. The summed E-state index contributed by atoms with van der Waals surface area (Å²) in [4.78, 5) is 11.8. The van der Waals surface area contributed by atoms with Crippen LogP contribution in [0.2, 0.25) is 0 Å². The van der Waals surface area contributed by atoms with E-state index in [1.54, 1.807) is 12.1 Å². The number of hydrogen-bond acceptors (Lipinski definition) is 2. The number of carbonyl (C=O) groups is 1. The molecule has 1 amide bonds. The first-order valence-corrected chi connectivity index (χ1v) is 7.20. The molecule has 0 bridgehead atoms. The number of carbonyl (C=O) groups excluding carboxylic acids is 1. The number of nitrogens with one attached hydrogen (secondary N) is 1. The molecule has 0 aliphatic heterocycles. The standard InChI is InChI=1S/C13H20BrNO2/c1-3-4-11(7-8-14)9-15-13(16)12-6-5-10(2)17-12/h5-6,11H,3-4,7-9H2,1-2H3,(H,15,16). The molecule has 17 heavy (non-hydrogen) atoms. The molecule has 0 radical (unpaired) electrons. The Bertz CT molecular complexity index is 343. The monoisotopic (exact) mass is 301 g/mol. The first-order chi connectivity index (χ1) is 8.17. The highest BCUT2D eigenvalue weighted by atomic mass is 79.9. The fourth-order valence-electron chi connectivity index (χ4n) is 1.79. The van der Waals surface area contributed by atoms with Gasteiger partial charge in [-0.3, -0.25) is 4.79 Å². The zero-order valence-electron chi connectivity index (χ0n) is 10.5. The Kier molecular flexibility index (Phi) is 6.34. The van der Waals surface area contributed by atoms with Gasteiger partial charge in [0.25, 0.3) is 5.91 Å². The highest BCUT2D eigenvalue weighted by molar-refractivity contribution is 9.09. The molecule has 1 atom stereocenters. The Hall–Kier alpha value is -0.770. The molecular weight excluding hydrogens is 282 g/mol. The van der Waals surface area contributed by atoms with Crippen molar-refractivity contribution < 1.29 is 9.21 Å². The van der Waals surface area contributed by atoms with E-state index in [1.165, 1.54) is 0 Å². The second kappa shape index (κ2) is 7.54. The van der Waals surface area contributed by atoms with Crippen LogP contribution in [-0.2, 0) is 0 Å². The van der Waals surface area contributed by atoms with Crippen molar-refractivity contribution in [2.75, 3.05) is 11.9 Å².